The second kappa shape index (κ2) is 14.3. The standard InChI is InChI=1S/C44H44N2/c1-5-31(3)37-21-13-15-23-40(37)45-36-27-25-33(26-28-36)39-29-30-42(46-41-24-16-14-22-38(41)32(4)6-2)44(35-19-11-8-12-20-35)43(39)34-17-9-7-10-18-34/h7-32,45-46H,5-6H2,1-4H3. The zero-order valence-electron chi connectivity index (χ0n) is 27.4. The summed E-state index contributed by atoms with van der Waals surface area (Å²) in [6.07, 6.45) is 2.20. The van der Waals surface area contributed by atoms with E-state index in [1.165, 1.54) is 50.2 Å². The van der Waals surface area contributed by atoms with Gasteiger partial charge < -0.3 is 10.6 Å². The number of para-hydroxylation sites is 2. The number of nitrogens with one attached hydrogen (secondary N) is 2. The summed E-state index contributed by atoms with van der Waals surface area (Å²) in [4.78, 5) is 0. The first-order valence-electron chi connectivity index (χ1n) is 16.7. The van der Waals surface area contributed by atoms with Crippen LogP contribution in [-0.4, -0.2) is 0 Å². The molecule has 2 atom stereocenters. The van der Waals surface area contributed by atoms with E-state index in [-0.39, 0.29) is 0 Å². The summed E-state index contributed by atoms with van der Waals surface area (Å²) in [5.41, 5.74) is 14.4. The van der Waals surface area contributed by atoms with Gasteiger partial charge in [0.05, 0.1) is 0 Å². The summed E-state index contributed by atoms with van der Waals surface area (Å²) in [6.45, 7) is 9.10. The lowest BCUT2D eigenvalue weighted by Gasteiger charge is -2.23. The van der Waals surface area contributed by atoms with E-state index in [0.29, 0.717) is 11.8 Å². The second-order valence-corrected chi connectivity index (χ2v) is 12.3. The topological polar surface area (TPSA) is 24.1 Å². The van der Waals surface area contributed by atoms with Gasteiger partial charge >= 0.3 is 0 Å². The zero-order valence-corrected chi connectivity index (χ0v) is 27.4. The fourth-order valence-corrected chi connectivity index (χ4v) is 6.31. The van der Waals surface area contributed by atoms with Crippen molar-refractivity contribution in [3.8, 4) is 33.4 Å². The van der Waals surface area contributed by atoms with Crippen molar-refractivity contribution in [2.24, 2.45) is 0 Å². The Kier molecular flexibility index (Phi) is 9.65. The van der Waals surface area contributed by atoms with E-state index in [1.807, 2.05) is 0 Å². The molecule has 0 aliphatic rings. The first-order valence-corrected chi connectivity index (χ1v) is 16.7. The minimum atomic E-state index is 0.459. The number of rotatable bonds is 11. The first-order chi connectivity index (χ1) is 22.6. The molecular weight excluding hydrogens is 556 g/mol. The van der Waals surface area contributed by atoms with Crippen LogP contribution >= 0.6 is 0 Å². The summed E-state index contributed by atoms with van der Waals surface area (Å²) < 4.78 is 0. The molecule has 0 radical (unpaired) electrons. The van der Waals surface area contributed by atoms with Gasteiger partial charge in [-0.1, -0.05) is 143 Å². The molecule has 2 N–H and O–H groups in total. The number of anilines is 4. The van der Waals surface area contributed by atoms with E-state index in [0.717, 1.165) is 29.9 Å². The van der Waals surface area contributed by atoms with E-state index < -0.39 is 0 Å². The van der Waals surface area contributed by atoms with Gasteiger partial charge in [-0.2, -0.15) is 0 Å². The molecule has 46 heavy (non-hydrogen) atoms. The maximum Gasteiger partial charge on any atom is 0.0470 e. The predicted octanol–water partition coefficient (Wildman–Crippen LogP) is 13.2. The Morgan fingerprint density at radius 3 is 1.43 bits per heavy atom. The average molecular weight is 601 g/mol. The molecule has 2 nitrogen and oxygen atoms in total. The molecule has 0 saturated heterocycles. The van der Waals surface area contributed by atoms with Gasteiger partial charge in [-0.05, 0) is 94.0 Å². The normalized spacial score (nSPS) is 12.3. The highest BCUT2D eigenvalue weighted by atomic mass is 14.9. The van der Waals surface area contributed by atoms with Crippen LogP contribution in [0.25, 0.3) is 33.4 Å². The minimum Gasteiger partial charge on any atom is -0.355 e. The summed E-state index contributed by atoms with van der Waals surface area (Å²) in [6, 6.07) is 52.4. The molecular formula is C44H44N2. The summed E-state index contributed by atoms with van der Waals surface area (Å²) in [5, 5.41) is 7.58. The van der Waals surface area contributed by atoms with E-state index in [4.69, 9.17) is 0 Å². The Balaban J connectivity index is 1.48. The van der Waals surface area contributed by atoms with Gasteiger partial charge in [-0.3, -0.25) is 0 Å². The zero-order chi connectivity index (χ0) is 31.9. The molecule has 6 aromatic rings. The third-order valence-electron chi connectivity index (χ3n) is 9.28. The minimum absolute atomic E-state index is 0.459. The van der Waals surface area contributed by atoms with Gasteiger partial charge in [0.1, 0.15) is 0 Å². The van der Waals surface area contributed by atoms with E-state index >= 15 is 0 Å². The van der Waals surface area contributed by atoms with Crippen molar-refractivity contribution in [1.29, 1.82) is 0 Å². The van der Waals surface area contributed by atoms with Crippen LogP contribution in [0.1, 0.15) is 63.5 Å². The van der Waals surface area contributed by atoms with E-state index in [1.54, 1.807) is 0 Å². The molecule has 0 aliphatic heterocycles. The van der Waals surface area contributed by atoms with Crippen LogP contribution in [0, 0.1) is 0 Å². The van der Waals surface area contributed by atoms with Gasteiger partial charge in [0.25, 0.3) is 0 Å². The van der Waals surface area contributed by atoms with Crippen LogP contribution in [0.4, 0.5) is 22.7 Å². The SMILES string of the molecule is CCC(C)c1ccccc1Nc1ccc(-c2ccc(Nc3ccccc3C(C)CC)c(-c3ccccc3)c2-c2ccccc2)cc1. The van der Waals surface area contributed by atoms with Crippen LogP contribution in [0.3, 0.4) is 0 Å². The lowest BCUT2D eigenvalue weighted by Crippen LogP contribution is -2.02. The second-order valence-electron chi connectivity index (χ2n) is 12.3. The van der Waals surface area contributed by atoms with Crippen molar-refractivity contribution in [3.63, 3.8) is 0 Å². The van der Waals surface area contributed by atoms with Gasteiger partial charge in [0.2, 0.25) is 0 Å². The first kappa shape index (κ1) is 30.9. The average Bonchev–Trinajstić information content (AvgIpc) is 3.12. The van der Waals surface area contributed by atoms with Crippen LogP contribution in [0.5, 0.6) is 0 Å². The highest BCUT2D eigenvalue weighted by Gasteiger charge is 2.20. The van der Waals surface area contributed by atoms with Crippen molar-refractivity contribution in [2.75, 3.05) is 10.6 Å². The van der Waals surface area contributed by atoms with Crippen molar-refractivity contribution >= 4 is 22.7 Å². The Morgan fingerprint density at radius 1 is 0.413 bits per heavy atom. The Hall–Kier alpha value is -5.08. The molecule has 2 heteroatoms. The molecule has 0 saturated carbocycles. The predicted molar refractivity (Wildman–Crippen MR) is 200 cm³/mol. The van der Waals surface area contributed by atoms with Crippen molar-refractivity contribution in [2.45, 2.75) is 52.4 Å². The molecule has 2 unspecified atom stereocenters. The third-order valence-corrected chi connectivity index (χ3v) is 9.28. The van der Waals surface area contributed by atoms with E-state index in [2.05, 4.69) is 184 Å². The van der Waals surface area contributed by atoms with Gasteiger partial charge in [0.15, 0.2) is 0 Å². The smallest absolute Gasteiger partial charge is 0.0470 e. The van der Waals surface area contributed by atoms with Gasteiger partial charge in [0, 0.05) is 28.3 Å². The molecule has 0 amide bonds. The summed E-state index contributed by atoms with van der Waals surface area (Å²) in [7, 11) is 0. The van der Waals surface area contributed by atoms with Crippen molar-refractivity contribution < 1.29 is 0 Å². The molecule has 0 spiro atoms. The third kappa shape index (κ3) is 6.62. The molecule has 230 valence electrons. The Bertz CT molecular complexity index is 1870. The molecule has 0 heterocycles. The number of benzene rings is 6. The van der Waals surface area contributed by atoms with Crippen LogP contribution in [-0.2, 0) is 0 Å². The van der Waals surface area contributed by atoms with Crippen LogP contribution in [0.2, 0.25) is 0 Å². The van der Waals surface area contributed by atoms with Crippen LogP contribution in [0.15, 0.2) is 146 Å². The largest absolute Gasteiger partial charge is 0.355 e. The molecule has 0 aliphatic carbocycles. The lowest BCUT2D eigenvalue weighted by molar-refractivity contribution is 0.735. The summed E-state index contributed by atoms with van der Waals surface area (Å²) in [5.74, 6) is 0.957. The molecule has 6 aromatic carbocycles. The monoisotopic (exact) mass is 600 g/mol. The number of hydrogen-bond donors (Lipinski definition) is 2. The Labute approximate surface area is 275 Å². The quantitative estimate of drug-likeness (QED) is 0.155. The highest BCUT2D eigenvalue weighted by Crippen LogP contribution is 2.46. The molecule has 0 fully saturated rings. The fraction of sp³-hybridized carbons (Fsp3) is 0.182. The van der Waals surface area contributed by atoms with Gasteiger partial charge in [-0.25, -0.2) is 0 Å². The maximum absolute atomic E-state index is 3.89. The van der Waals surface area contributed by atoms with Crippen molar-refractivity contribution in [1.82, 2.24) is 0 Å². The molecule has 0 bridgehead atoms. The fourth-order valence-electron chi connectivity index (χ4n) is 6.31. The van der Waals surface area contributed by atoms with Crippen LogP contribution < -0.4 is 10.6 Å². The molecule has 0 aromatic heterocycles. The van der Waals surface area contributed by atoms with Crippen molar-refractivity contribution in [3.05, 3.63) is 157 Å². The lowest BCUT2D eigenvalue weighted by atomic mass is 9.86. The maximum atomic E-state index is 3.89. The number of hydrogen-bond acceptors (Lipinski definition) is 2. The molecule has 6 rings (SSSR count). The van der Waals surface area contributed by atoms with E-state index in [9.17, 15) is 0 Å². The Morgan fingerprint density at radius 2 is 0.891 bits per heavy atom. The summed E-state index contributed by atoms with van der Waals surface area (Å²) >= 11 is 0. The van der Waals surface area contributed by atoms with Gasteiger partial charge in [-0.15, -0.1) is 0 Å². The highest BCUT2D eigenvalue weighted by molar-refractivity contribution is 6.01.